The first-order valence-electron chi connectivity index (χ1n) is 7.09. The lowest BCUT2D eigenvalue weighted by atomic mass is 10.1. The highest BCUT2D eigenvalue weighted by Gasteiger charge is 2.24. The minimum absolute atomic E-state index is 0.473. The number of imidazole rings is 1. The van der Waals surface area contributed by atoms with Crippen LogP contribution in [0.4, 0.5) is 0 Å². The zero-order chi connectivity index (χ0) is 13.5. The van der Waals surface area contributed by atoms with E-state index in [0.29, 0.717) is 12.5 Å². The van der Waals surface area contributed by atoms with Crippen molar-refractivity contribution in [1.82, 2.24) is 9.97 Å². The molecule has 20 heavy (non-hydrogen) atoms. The number of nitrogens with two attached hydrogens (primary N) is 1. The van der Waals surface area contributed by atoms with E-state index in [2.05, 4.69) is 47.4 Å². The van der Waals surface area contributed by atoms with Crippen LogP contribution in [0.5, 0.6) is 0 Å². The summed E-state index contributed by atoms with van der Waals surface area (Å²) in [7, 11) is 0. The number of hydrogen-bond donors (Lipinski definition) is 2. The number of rotatable bonds is 2. The lowest BCUT2D eigenvalue weighted by Gasteiger charge is -2.03. The molecule has 3 N–H and O–H groups in total. The van der Waals surface area contributed by atoms with Gasteiger partial charge < -0.3 is 10.7 Å². The molecule has 1 heterocycles. The largest absolute Gasteiger partial charge is 0.342 e. The second-order valence-electron chi connectivity index (χ2n) is 5.55. The van der Waals surface area contributed by atoms with Gasteiger partial charge in [-0.05, 0) is 41.7 Å². The van der Waals surface area contributed by atoms with Gasteiger partial charge in [-0.3, -0.25) is 0 Å². The summed E-state index contributed by atoms with van der Waals surface area (Å²) < 4.78 is 0. The zero-order valence-electron chi connectivity index (χ0n) is 11.3. The second kappa shape index (κ2) is 4.46. The molecule has 1 aliphatic rings. The van der Waals surface area contributed by atoms with Crippen molar-refractivity contribution >= 4 is 11.0 Å². The Bertz CT molecular complexity index is 748. The maximum atomic E-state index is 5.69. The van der Waals surface area contributed by atoms with Gasteiger partial charge in [-0.1, -0.05) is 30.3 Å². The molecule has 0 saturated heterocycles. The first-order chi connectivity index (χ1) is 9.83. The van der Waals surface area contributed by atoms with Crippen molar-refractivity contribution in [2.75, 3.05) is 0 Å². The molecule has 4 rings (SSSR count). The van der Waals surface area contributed by atoms with Crippen LogP contribution in [-0.2, 0) is 19.4 Å². The fourth-order valence-electron chi connectivity index (χ4n) is 3.15. The molecule has 0 unspecified atom stereocenters. The summed E-state index contributed by atoms with van der Waals surface area (Å²) in [6, 6.07) is 14.9. The maximum Gasteiger partial charge on any atom is 0.111 e. The van der Waals surface area contributed by atoms with Crippen LogP contribution in [0.15, 0.2) is 42.5 Å². The molecule has 0 saturated carbocycles. The van der Waals surface area contributed by atoms with Crippen molar-refractivity contribution in [2.45, 2.75) is 25.3 Å². The molecule has 0 fully saturated rings. The summed E-state index contributed by atoms with van der Waals surface area (Å²) >= 11 is 0. The van der Waals surface area contributed by atoms with Crippen molar-refractivity contribution in [3.05, 3.63) is 65.0 Å². The molecule has 2 aromatic carbocycles. The van der Waals surface area contributed by atoms with Crippen molar-refractivity contribution < 1.29 is 0 Å². The Kier molecular flexibility index (Phi) is 2.60. The standard InChI is InChI=1S/C17H17N3/c18-10-11-5-6-15-16(7-11)20-17(19-15)14-8-12-3-1-2-4-13(12)9-14/h1-7,14H,8-10,18H2,(H,19,20). The quantitative estimate of drug-likeness (QED) is 0.747. The average Bonchev–Trinajstić information content (AvgIpc) is 3.09. The molecular weight excluding hydrogens is 246 g/mol. The molecule has 0 amide bonds. The van der Waals surface area contributed by atoms with E-state index in [4.69, 9.17) is 10.7 Å². The normalized spacial score (nSPS) is 14.8. The number of aromatic amines is 1. The monoisotopic (exact) mass is 263 g/mol. The van der Waals surface area contributed by atoms with Crippen LogP contribution in [0.1, 0.15) is 28.4 Å². The summed E-state index contributed by atoms with van der Waals surface area (Å²) in [4.78, 5) is 8.24. The fraction of sp³-hybridized carbons (Fsp3) is 0.235. The summed E-state index contributed by atoms with van der Waals surface area (Å²) in [6.45, 7) is 0.569. The van der Waals surface area contributed by atoms with Gasteiger partial charge >= 0.3 is 0 Å². The third kappa shape index (κ3) is 1.82. The zero-order valence-corrected chi connectivity index (χ0v) is 11.3. The Morgan fingerprint density at radius 1 is 1.10 bits per heavy atom. The Hall–Kier alpha value is -2.13. The number of H-pyrrole nitrogens is 1. The van der Waals surface area contributed by atoms with Crippen LogP contribution >= 0.6 is 0 Å². The molecule has 1 aliphatic carbocycles. The number of benzene rings is 2. The number of nitrogens with zero attached hydrogens (tertiary/aromatic N) is 1. The summed E-state index contributed by atoms with van der Waals surface area (Å²) in [5.74, 6) is 1.58. The summed E-state index contributed by atoms with van der Waals surface area (Å²) in [5.41, 5.74) is 11.9. The van der Waals surface area contributed by atoms with Gasteiger partial charge in [-0.25, -0.2) is 4.98 Å². The van der Waals surface area contributed by atoms with E-state index in [-0.39, 0.29) is 0 Å². The molecule has 3 nitrogen and oxygen atoms in total. The van der Waals surface area contributed by atoms with Gasteiger partial charge in [0.05, 0.1) is 11.0 Å². The van der Waals surface area contributed by atoms with Crippen molar-refractivity contribution in [3.8, 4) is 0 Å². The molecule has 3 heteroatoms. The first kappa shape index (κ1) is 11.7. The Balaban J connectivity index is 1.70. The maximum absolute atomic E-state index is 5.69. The third-order valence-electron chi connectivity index (χ3n) is 4.24. The predicted molar refractivity (Wildman–Crippen MR) is 80.6 cm³/mol. The SMILES string of the molecule is NCc1ccc2nc(C3Cc4ccccc4C3)[nH]c2c1. The van der Waals surface area contributed by atoms with Gasteiger partial charge in [0.1, 0.15) is 5.82 Å². The van der Waals surface area contributed by atoms with Gasteiger partial charge in [0, 0.05) is 12.5 Å². The number of aromatic nitrogens is 2. The highest BCUT2D eigenvalue weighted by molar-refractivity contribution is 5.76. The van der Waals surface area contributed by atoms with Gasteiger partial charge in [-0.15, -0.1) is 0 Å². The lowest BCUT2D eigenvalue weighted by molar-refractivity contribution is 0.697. The molecule has 1 aromatic heterocycles. The van der Waals surface area contributed by atoms with E-state index in [0.717, 1.165) is 35.3 Å². The fourth-order valence-corrected chi connectivity index (χ4v) is 3.15. The van der Waals surface area contributed by atoms with Gasteiger partial charge in [0.2, 0.25) is 0 Å². The number of hydrogen-bond acceptors (Lipinski definition) is 2. The molecule has 0 bridgehead atoms. The number of fused-ring (bicyclic) bond motifs is 2. The van der Waals surface area contributed by atoms with Crippen LogP contribution in [-0.4, -0.2) is 9.97 Å². The van der Waals surface area contributed by atoms with E-state index >= 15 is 0 Å². The van der Waals surface area contributed by atoms with Gasteiger partial charge in [0.25, 0.3) is 0 Å². The lowest BCUT2D eigenvalue weighted by Crippen LogP contribution is -2.00. The van der Waals surface area contributed by atoms with Gasteiger partial charge in [-0.2, -0.15) is 0 Å². The molecule has 0 spiro atoms. The first-order valence-corrected chi connectivity index (χ1v) is 7.09. The molecular formula is C17H17N3. The molecule has 0 radical (unpaired) electrons. The summed E-state index contributed by atoms with van der Waals surface area (Å²) in [6.07, 6.45) is 2.17. The van der Waals surface area contributed by atoms with Crippen LogP contribution in [0.3, 0.4) is 0 Å². The van der Waals surface area contributed by atoms with E-state index in [1.54, 1.807) is 0 Å². The van der Waals surface area contributed by atoms with Crippen LogP contribution in [0.2, 0.25) is 0 Å². The third-order valence-corrected chi connectivity index (χ3v) is 4.24. The van der Waals surface area contributed by atoms with Crippen molar-refractivity contribution in [3.63, 3.8) is 0 Å². The van der Waals surface area contributed by atoms with Crippen LogP contribution in [0.25, 0.3) is 11.0 Å². The van der Waals surface area contributed by atoms with Crippen LogP contribution < -0.4 is 5.73 Å². The minimum Gasteiger partial charge on any atom is -0.342 e. The van der Waals surface area contributed by atoms with E-state index in [1.807, 2.05) is 0 Å². The smallest absolute Gasteiger partial charge is 0.111 e. The van der Waals surface area contributed by atoms with Gasteiger partial charge in [0.15, 0.2) is 0 Å². The minimum atomic E-state index is 0.473. The van der Waals surface area contributed by atoms with Crippen molar-refractivity contribution in [1.29, 1.82) is 0 Å². The Labute approximate surface area is 117 Å². The molecule has 100 valence electrons. The summed E-state index contributed by atoms with van der Waals surface area (Å²) in [5, 5.41) is 0. The Morgan fingerprint density at radius 3 is 2.55 bits per heavy atom. The topological polar surface area (TPSA) is 54.7 Å². The average molecular weight is 263 g/mol. The van der Waals surface area contributed by atoms with E-state index < -0.39 is 0 Å². The van der Waals surface area contributed by atoms with Crippen molar-refractivity contribution in [2.24, 2.45) is 5.73 Å². The molecule has 3 aromatic rings. The number of nitrogens with one attached hydrogen (secondary N) is 1. The highest BCUT2D eigenvalue weighted by Crippen LogP contribution is 2.33. The predicted octanol–water partition coefficient (Wildman–Crippen LogP) is 2.90. The van der Waals surface area contributed by atoms with E-state index in [1.165, 1.54) is 11.1 Å². The second-order valence-corrected chi connectivity index (χ2v) is 5.55. The highest BCUT2D eigenvalue weighted by atomic mass is 14.9. The Morgan fingerprint density at radius 2 is 1.85 bits per heavy atom. The molecule has 0 atom stereocenters. The van der Waals surface area contributed by atoms with Crippen LogP contribution in [0, 0.1) is 0 Å². The van der Waals surface area contributed by atoms with E-state index in [9.17, 15) is 0 Å². The molecule has 0 aliphatic heterocycles.